The molecule has 2 N–H and O–H groups in total. The minimum Gasteiger partial charge on any atom is -0.485 e. The quantitative estimate of drug-likeness (QED) is 0.361. The highest BCUT2D eigenvalue weighted by Gasteiger charge is 2.42. The molecule has 2 aliphatic heterocycles. The number of hydrogen-bond acceptors (Lipinski definition) is 11. The molecule has 4 amide bonds. The van der Waals surface area contributed by atoms with Crippen molar-refractivity contribution in [2.45, 2.75) is 115 Å². The zero-order chi connectivity index (χ0) is 39.3. The van der Waals surface area contributed by atoms with Crippen molar-refractivity contribution in [3.63, 3.8) is 0 Å². The number of likely N-dealkylation sites (N-methyl/N-ethyl adjacent to an activating group) is 1. The number of carbonyl (C=O) groups excluding carboxylic acids is 5. The number of hydrogen-bond donors (Lipinski definition) is 2. The standard InChI is InChI=1S/C40H53N7O8/c1-26(2)22-30-38(50)47-21-13-17-31(47)39(51)46(3)32(23-27-14-12-20-41-24-27)37(49)42-29(40(52)53-4)16-8-6-5-7-9-19-35-44-34(45-55-35)25-54-33-18-11-10-15-28(33)36(48)43-30/h10-12,14-15,18,20,24,26,29-32H,5-9,13,16-17,19,21-23,25H2,1-4H3,(H,42,49)(H,43,48)/t29?,30-,31-,32+/m1/s1. The van der Waals surface area contributed by atoms with E-state index in [1.54, 1.807) is 49.8 Å². The average Bonchev–Trinajstić information content (AvgIpc) is 3.87. The van der Waals surface area contributed by atoms with Gasteiger partial charge in [0.2, 0.25) is 29.4 Å². The molecule has 0 aliphatic carbocycles. The Morgan fingerprint density at radius 3 is 2.51 bits per heavy atom. The van der Waals surface area contributed by atoms with Gasteiger partial charge in [-0.25, -0.2) is 4.79 Å². The lowest BCUT2D eigenvalue weighted by molar-refractivity contribution is -0.149. The summed E-state index contributed by atoms with van der Waals surface area (Å²) in [6.07, 6.45) is 9.69. The van der Waals surface area contributed by atoms with Crippen molar-refractivity contribution >= 4 is 29.6 Å². The highest BCUT2D eigenvalue weighted by atomic mass is 16.5. The first kappa shape index (κ1) is 40.8. The molecule has 2 bridgehead atoms. The number of fused-ring (bicyclic) bond motifs is 4. The number of esters is 1. The maximum atomic E-state index is 14.4. The zero-order valence-corrected chi connectivity index (χ0v) is 32.2. The maximum Gasteiger partial charge on any atom is 0.328 e. The average molecular weight is 760 g/mol. The van der Waals surface area contributed by atoms with Gasteiger partial charge in [-0.2, -0.15) is 4.98 Å². The lowest BCUT2D eigenvalue weighted by Gasteiger charge is -2.34. The van der Waals surface area contributed by atoms with Crippen LogP contribution in [0, 0.1) is 5.92 Å². The van der Waals surface area contributed by atoms with Crippen LogP contribution in [0.15, 0.2) is 53.3 Å². The third kappa shape index (κ3) is 11.1. The second-order valence-corrected chi connectivity index (χ2v) is 14.7. The molecule has 296 valence electrons. The van der Waals surface area contributed by atoms with Gasteiger partial charge >= 0.3 is 5.97 Å². The molecular weight excluding hydrogens is 706 g/mol. The fraction of sp³-hybridized carbons (Fsp3) is 0.550. The molecular formula is C40H53N7O8. The zero-order valence-electron chi connectivity index (χ0n) is 32.2. The van der Waals surface area contributed by atoms with E-state index in [2.05, 4.69) is 25.8 Å². The maximum absolute atomic E-state index is 14.4. The van der Waals surface area contributed by atoms with Crippen molar-refractivity contribution < 1.29 is 38.0 Å². The molecule has 5 rings (SSSR count). The Kier molecular flexibility index (Phi) is 14.7. The van der Waals surface area contributed by atoms with E-state index in [4.69, 9.17) is 14.0 Å². The number of ether oxygens (including phenoxy) is 2. The molecule has 4 heterocycles. The highest BCUT2D eigenvalue weighted by molar-refractivity contribution is 6.00. The molecule has 15 nitrogen and oxygen atoms in total. The molecule has 2 aromatic heterocycles. The Bertz CT molecular complexity index is 1770. The number of aryl methyl sites for hydroxylation is 1. The Labute approximate surface area is 321 Å². The van der Waals surface area contributed by atoms with Gasteiger partial charge in [0.25, 0.3) is 5.91 Å². The van der Waals surface area contributed by atoms with E-state index < -0.39 is 47.9 Å². The monoisotopic (exact) mass is 759 g/mol. The van der Waals surface area contributed by atoms with Crippen LogP contribution in [0.25, 0.3) is 0 Å². The van der Waals surface area contributed by atoms with Gasteiger partial charge in [0, 0.05) is 38.8 Å². The summed E-state index contributed by atoms with van der Waals surface area (Å²) in [7, 11) is 2.83. The molecule has 55 heavy (non-hydrogen) atoms. The second-order valence-electron chi connectivity index (χ2n) is 14.7. The molecule has 2 aliphatic rings. The van der Waals surface area contributed by atoms with Crippen LogP contribution in [-0.4, -0.2) is 99.4 Å². The summed E-state index contributed by atoms with van der Waals surface area (Å²) in [6, 6.07) is 6.58. The van der Waals surface area contributed by atoms with Gasteiger partial charge in [-0.3, -0.25) is 24.2 Å². The summed E-state index contributed by atoms with van der Waals surface area (Å²) in [5, 5.41) is 9.83. The minimum absolute atomic E-state index is 0.0209. The normalized spacial score (nSPS) is 22.6. The predicted molar refractivity (Wildman–Crippen MR) is 200 cm³/mol. The summed E-state index contributed by atoms with van der Waals surface area (Å²) in [5.41, 5.74) is 0.953. The van der Waals surface area contributed by atoms with E-state index in [-0.39, 0.29) is 30.4 Å². The van der Waals surface area contributed by atoms with Crippen LogP contribution in [0.2, 0.25) is 0 Å². The Hall–Kier alpha value is -5.34. The van der Waals surface area contributed by atoms with Crippen LogP contribution in [0.5, 0.6) is 5.75 Å². The molecule has 4 atom stereocenters. The smallest absolute Gasteiger partial charge is 0.328 e. The number of nitrogens with one attached hydrogen (secondary N) is 2. The number of pyridine rings is 1. The van der Waals surface area contributed by atoms with Crippen molar-refractivity contribution in [1.82, 2.24) is 35.6 Å². The van der Waals surface area contributed by atoms with E-state index in [0.29, 0.717) is 62.5 Å². The number of carbonyl (C=O) groups is 5. The molecule has 15 heteroatoms. The van der Waals surface area contributed by atoms with Gasteiger partial charge in [0.05, 0.1) is 12.7 Å². The first-order valence-corrected chi connectivity index (χ1v) is 19.2. The van der Waals surface area contributed by atoms with Crippen LogP contribution >= 0.6 is 0 Å². The Balaban J connectivity index is 1.44. The van der Waals surface area contributed by atoms with Gasteiger partial charge in [-0.05, 0) is 61.8 Å². The molecule has 1 fully saturated rings. The Morgan fingerprint density at radius 1 is 0.964 bits per heavy atom. The third-order valence-corrected chi connectivity index (χ3v) is 10.1. The van der Waals surface area contributed by atoms with E-state index in [1.807, 2.05) is 19.9 Å². The van der Waals surface area contributed by atoms with Gasteiger partial charge in [0.1, 0.15) is 29.9 Å². The molecule has 3 aromatic rings. The summed E-state index contributed by atoms with van der Waals surface area (Å²) >= 11 is 0. The number of rotatable bonds is 5. The summed E-state index contributed by atoms with van der Waals surface area (Å²) < 4.78 is 16.5. The predicted octanol–water partition coefficient (Wildman–Crippen LogP) is 3.80. The molecule has 0 saturated carbocycles. The van der Waals surface area contributed by atoms with Crippen LogP contribution in [-0.2, 0) is 43.4 Å². The third-order valence-electron chi connectivity index (χ3n) is 10.1. The Morgan fingerprint density at radius 2 is 1.75 bits per heavy atom. The first-order chi connectivity index (χ1) is 26.5. The second kappa shape index (κ2) is 19.8. The lowest BCUT2D eigenvalue weighted by atomic mass is 10.0. The fourth-order valence-corrected chi connectivity index (χ4v) is 7.14. The minimum atomic E-state index is -1.02. The van der Waals surface area contributed by atoms with Crippen LogP contribution in [0.4, 0.5) is 0 Å². The summed E-state index contributed by atoms with van der Waals surface area (Å²) in [6.45, 7) is 4.20. The van der Waals surface area contributed by atoms with Gasteiger partial charge in [0.15, 0.2) is 6.61 Å². The lowest BCUT2D eigenvalue weighted by Crippen LogP contribution is -2.58. The van der Waals surface area contributed by atoms with E-state index in [1.165, 1.54) is 16.9 Å². The SMILES string of the molecule is COC(=O)C1CCCCCCCc2nc(no2)COc2ccccc2C(=O)N[C@H](CC(C)C)C(=O)N2CCC[C@@H]2C(=O)N(C)[C@@H](Cc2cccnc2)C(=O)N1. The van der Waals surface area contributed by atoms with Crippen LogP contribution in [0.1, 0.15) is 99.3 Å². The number of amides is 4. The van der Waals surface area contributed by atoms with Crippen molar-refractivity contribution in [3.8, 4) is 5.75 Å². The van der Waals surface area contributed by atoms with Gasteiger partial charge in [-0.1, -0.05) is 62.9 Å². The van der Waals surface area contributed by atoms with Crippen LogP contribution < -0.4 is 15.4 Å². The first-order valence-electron chi connectivity index (χ1n) is 19.2. The number of para-hydroxylation sites is 1. The van der Waals surface area contributed by atoms with E-state index in [0.717, 1.165) is 31.2 Å². The van der Waals surface area contributed by atoms with Crippen LogP contribution in [0.3, 0.4) is 0 Å². The van der Waals surface area contributed by atoms with Gasteiger partial charge < -0.3 is 34.4 Å². The number of aromatic nitrogens is 3. The highest BCUT2D eigenvalue weighted by Crippen LogP contribution is 2.25. The summed E-state index contributed by atoms with van der Waals surface area (Å²) in [4.78, 5) is 81.0. The summed E-state index contributed by atoms with van der Waals surface area (Å²) in [5.74, 6) is -1.23. The van der Waals surface area contributed by atoms with E-state index >= 15 is 0 Å². The molecule has 0 spiro atoms. The van der Waals surface area contributed by atoms with Crippen molar-refractivity contribution in [1.29, 1.82) is 0 Å². The molecule has 1 aromatic carbocycles. The molecule has 1 saturated heterocycles. The molecule has 0 radical (unpaired) electrons. The van der Waals surface area contributed by atoms with Crippen molar-refractivity contribution in [3.05, 3.63) is 71.6 Å². The molecule has 1 unspecified atom stereocenters. The largest absolute Gasteiger partial charge is 0.485 e. The number of methoxy groups -OCH3 is 1. The van der Waals surface area contributed by atoms with Crippen molar-refractivity contribution in [2.24, 2.45) is 5.92 Å². The number of nitrogens with zero attached hydrogens (tertiary/aromatic N) is 5. The van der Waals surface area contributed by atoms with Gasteiger partial charge in [-0.15, -0.1) is 0 Å². The van der Waals surface area contributed by atoms with Crippen molar-refractivity contribution in [2.75, 3.05) is 20.7 Å². The fourth-order valence-electron chi connectivity index (χ4n) is 7.14. The topological polar surface area (TPSA) is 186 Å². The number of benzene rings is 1. The van der Waals surface area contributed by atoms with E-state index in [9.17, 15) is 24.0 Å².